The van der Waals surface area contributed by atoms with Crippen molar-refractivity contribution >= 4 is 33.7 Å². The number of H-pyrrole nitrogens is 1. The summed E-state index contributed by atoms with van der Waals surface area (Å²) in [6.07, 6.45) is 4.92. The van der Waals surface area contributed by atoms with E-state index in [1.807, 2.05) is 30.3 Å². The second-order valence-corrected chi connectivity index (χ2v) is 11.5. The minimum atomic E-state index is -0.167. The van der Waals surface area contributed by atoms with Gasteiger partial charge in [0.25, 0.3) is 0 Å². The molecular formula is C30H35N5O2S. The highest BCUT2D eigenvalue weighted by Crippen LogP contribution is 2.34. The van der Waals surface area contributed by atoms with Crippen molar-refractivity contribution in [2.24, 2.45) is 0 Å². The van der Waals surface area contributed by atoms with Crippen LogP contribution in [0.4, 0.5) is 5.69 Å². The van der Waals surface area contributed by atoms with E-state index >= 15 is 0 Å². The second kappa shape index (κ2) is 10.9. The number of anilines is 1. The van der Waals surface area contributed by atoms with E-state index in [0.717, 1.165) is 90.9 Å². The number of aromatic nitrogens is 2. The van der Waals surface area contributed by atoms with Crippen LogP contribution in [-0.2, 0) is 11.2 Å². The van der Waals surface area contributed by atoms with Crippen LogP contribution in [0.3, 0.4) is 0 Å². The molecule has 3 N–H and O–H groups in total. The number of rotatable bonds is 8. The highest BCUT2D eigenvalue weighted by molar-refractivity contribution is 7.08. The molecule has 2 aliphatic rings. The summed E-state index contributed by atoms with van der Waals surface area (Å²) in [4.78, 5) is 18.3. The van der Waals surface area contributed by atoms with Gasteiger partial charge < -0.3 is 15.4 Å². The number of hydrogen-bond acceptors (Lipinski definition) is 7. The fraction of sp³-hybridized carbons (Fsp3) is 0.400. The van der Waals surface area contributed by atoms with Gasteiger partial charge in [0.05, 0.1) is 22.9 Å². The summed E-state index contributed by atoms with van der Waals surface area (Å²) in [5.41, 5.74) is 11.9. The zero-order valence-electron chi connectivity index (χ0n) is 21.9. The van der Waals surface area contributed by atoms with Gasteiger partial charge in [0.1, 0.15) is 11.9 Å². The Morgan fingerprint density at radius 2 is 1.95 bits per heavy atom. The molecule has 4 heterocycles. The first-order valence-corrected chi connectivity index (χ1v) is 14.5. The van der Waals surface area contributed by atoms with E-state index in [-0.39, 0.29) is 17.9 Å². The quantitative estimate of drug-likeness (QED) is 0.302. The van der Waals surface area contributed by atoms with E-state index in [1.54, 1.807) is 11.3 Å². The third-order valence-electron chi connectivity index (χ3n) is 7.92. The molecule has 1 atom stereocenters. The highest BCUT2D eigenvalue weighted by Gasteiger charge is 2.30. The monoisotopic (exact) mass is 529 g/mol. The molecule has 0 saturated carbocycles. The molecule has 38 heavy (non-hydrogen) atoms. The first-order valence-electron chi connectivity index (χ1n) is 13.6. The van der Waals surface area contributed by atoms with Gasteiger partial charge >= 0.3 is 0 Å². The summed E-state index contributed by atoms with van der Waals surface area (Å²) in [6, 6.07) is 14.0. The SMILES string of the molecule is CN1CCC(Oc2ccc(-c3n[nH]c4ccc(CC(=O)C(c5ccsc5)N5CCCC5)cc34)cc2N)CC1. The molecule has 198 valence electrons. The zero-order valence-corrected chi connectivity index (χ0v) is 22.7. The van der Waals surface area contributed by atoms with Gasteiger partial charge in [-0.15, -0.1) is 0 Å². The second-order valence-electron chi connectivity index (χ2n) is 10.7. The van der Waals surface area contributed by atoms with Gasteiger partial charge in [0.2, 0.25) is 0 Å². The van der Waals surface area contributed by atoms with E-state index in [0.29, 0.717) is 12.1 Å². The van der Waals surface area contributed by atoms with Crippen LogP contribution in [-0.4, -0.2) is 65.1 Å². The maximum atomic E-state index is 13.6. The van der Waals surface area contributed by atoms with Crippen LogP contribution < -0.4 is 10.5 Å². The van der Waals surface area contributed by atoms with Gasteiger partial charge in [-0.05, 0) is 104 Å². The average molecular weight is 530 g/mol. The number of aromatic amines is 1. The number of carbonyl (C=O) groups is 1. The molecule has 0 aliphatic carbocycles. The number of ether oxygens (including phenoxy) is 1. The number of carbonyl (C=O) groups excluding carboxylic acids is 1. The molecule has 2 aromatic heterocycles. The number of piperidine rings is 1. The molecule has 0 amide bonds. The zero-order chi connectivity index (χ0) is 26.1. The third-order valence-corrected chi connectivity index (χ3v) is 8.62. The van der Waals surface area contributed by atoms with Crippen LogP contribution in [0.5, 0.6) is 5.75 Å². The minimum absolute atomic E-state index is 0.167. The number of nitrogens with one attached hydrogen (secondary N) is 1. The summed E-state index contributed by atoms with van der Waals surface area (Å²) in [5.74, 6) is 0.977. The molecule has 4 aromatic rings. The number of fused-ring (bicyclic) bond motifs is 1. The number of hydrogen-bond donors (Lipinski definition) is 2. The van der Waals surface area contributed by atoms with Gasteiger partial charge in [-0.1, -0.05) is 6.07 Å². The molecule has 2 saturated heterocycles. The van der Waals surface area contributed by atoms with Crippen LogP contribution in [0.1, 0.15) is 42.9 Å². The summed E-state index contributed by atoms with van der Waals surface area (Å²) >= 11 is 1.65. The lowest BCUT2D eigenvalue weighted by atomic mass is 9.97. The molecule has 2 fully saturated rings. The molecule has 8 heteroatoms. The van der Waals surface area contributed by atoms with Crippen molar-refractivity contribution in [3.05, 3.63) is 64.4 Å². The third kappa shape index (κ3) is 5.21. The Hall–Kier alpha value is -3.20. The van der Waals surface area contributed by atoms with Crippen molar-refractivity contribution in [2.75, 3.05) is 39.0 Å². The molecule has 2 aliphatic heterocycles. The molecule has 0 radical (unpaired) electrons. The molecule has 1 unspecified atom stereocenters. The molecule has 2 aromatic carbocycles. The number of thiophene rings is 1. The van der Waals surface area contributed by atoms with Crippen LogP contribution >= 0.6 is 11.3 Å². The predicted molar refractivity (Wildman–Crippen MR) is 154 cm³/mol. The Morgan fingerprint density at radius 1 is 1.13 bits per heavy atom. The summed E-state index contributed by atoms with van der Waals surface area (Å²) in [6.45, 7) is 4.05. The summed E-state index contributed by atoms with van der Waals surface area (Å²) in [5, 5.41) is 12.9. The smallest absolute Gasteiger partial charge is 0.158 e. The Morgan fingerprint density at radius 3 is 2.68 bits per heavy atom. The predicted octanol–water partition coefficient (Wildman–Crippen LogP) is 5.30. The topological polar surface area (TPSA) is 87.5 Å². The van der Waals surface area contributed by atoms with Crippen molar-refractivity contribution in [2.45, 2.75) is 44.2 Å². The van der Waals surface area contributed by atoms with Crippen molar-refractivity contribution in [3.8, 4) is 17.0 Å². The van der Waals surface area contributed by atoms with Gasteiger partial charge in [0.15, 0.2) is 5.78 Å². The molecular weight excluding hydrogens is 494 g/mol. The minimum Gasteiger partial charge on any atom is -0.488 e. The average Bonchev–Trinajstić information content (AvgIpc) is 3.70. The highest BCUT2D eigenvalue weighted by atomic mass is 32.1. The number of benzene rings is 2. The summed E-state index contributed by atoms with van der Waals surface area (Å²) in [7, 11) is 2.14. The standard InChI is InChI=1S/C30H35N5O2S/c1-34-13-8-23(9-14-34)37-28-7-5-21(18-25(28)31)29-24-16-20(4-6-26(24)32-33-29)17-27(36)30(22-10-15-38-19-22)35-11-2-3-12-35/h4-7,10,15-16,18-19,23,30H,2-3,8-9,11-14,17,31H2,1H3,(H,32,33). The number of nitrogens with zero attached hydrogens (tertiary/aromatic N) is 3. The molecule has 0 spiro atoms. The van der Waals surface area contributed by atoms with Gasteiger partial charge in [0, 0.05) is 30.5 Å². The molecule has 0 bridgehead atoms. The van der Waals surface area contributed by atoms with Gasteiger partial charge in [-0.3, -0.25) is 14.8 Å². The van der Waals surface area contributed by atoms with E-state index in [4.69, 9.17) is 10.5 Å². The maximum absolute atomic E-state index is 13.6. The number of nitrogen functional groups attached to an aromatic ring is 1. The van der Waals surface area contributed by atoms with Gasteiger partial charge in [-0.25, -0.2) is 0 Å². The molecule has 6 rings (SSSR count). The van der Waals surface area contributed by atoms with Crippen LogP contribution in [0, 0.1) is 0 Å². The van der Waals surface area contributed by atoms with Crippen LogP contribution in [0.25, 0.3) is 22.2 Å². The number of nitrogens with two attached hydrogens (primary N) is 1. The van der Waals surface area contributed by atoms with Crippen molar-refractivity contribution in [1.29, 1.82) is 0 Å². The Kier molecular flexibility index (Phi) is 7.19. The van der Waals surface area contributed by atoms with E-state index in [1.165, 1.54) is 0 Å². The molecule has 7 nitrogen and oxygen atoms in total. The van der Waals surface area contributed by atoms with Crippen LogP contribution in [0.2, 0.25) is 0 Å². The van der Waals surface area contributed by atoms with Crippen LogP contribution in [0.15, 0.2) is 53.2 Å². The number of ketones is 1. The normalized spacial score (nSPS) is 18.2. The van der Waals surface area contributed by atoms with Gasteiger partial charge in [-0.2, -0.15) is 16.4 Å². The lowest BCUT2D eigenvalue weighted by Crippen LogP contribution is -2.35. The number of Topliss-reactive ketones (excluding diaryl/α,β-unsaturated/α-hetero) is 1. The lowest BCUT2D eigenvalue weighted by Gasteiger charge is -2.29. The van der Waals surface area contributed by atoms with E-state index in [9.17, 15) is 4.79 Å². The fourth-order valence-corrected chi connectivity index (χ4v) is 6.48. The Balaban J connectivity index is 1.22. The van der Waals surface area contributed by atoms with Crippen molar-refractivity contribution < 1.29 is 9.53 Å². The fourth-order valence-electron chi connectivity index (χ4n) is 5.81. The van der Waals surface area contributed by atoms with Crippen molar-refractivity contribution in [1.82, 2.24) is 20.0 Å². The lowest BCUT2D eigenvalue weighted by molar-refractivity contribution is -0.123. The maximum Gasteiger partial charge on any atom is 0.158 e. The largest absolute Gasteiger partial charge is 0.488 e. The Labute approximate surface area is 227 Å². The van der Waals surface area contributed by atoms with E-state index < -0.39 is 0 Å². The first-order chi connectivity index (χ1) is 18.5. The summed E-state index contributed by atoms with van der Waals surface area (Å²) < 4.78 is 6.23. The number of likely N-dealkylation sites (tertiary alicyclic amines) is 2. The van der Waals surface area contributed by atoms with Crippen molar-refractivity contribution in [3.63, 3.8) is 0 Å². The Bertz CT molecular complexity index is 1400. The first kappa shape index (κ1) is 25.1. The van der Waals surface area contributed by atoms with E-state index in [2.05, 4.69) is 49.9 Å².